The first-order valence-corrected chi connectivity index (χ1v) is 9.28. The summed E-state index contributed by atoms with van der Waals surface area (Å²) >= 11 is 1.93. The number of nitrogens with one attached hydrogen (secondary N) is 1. The second kappa shape index (κ2) is 9.55. The van der Waals surface area contributed by atoms with Crippen LogP contribution in [0.25, 0.3) is 0 Å². The van der Waals surface area contributed by atoms with Crippen molar-refractivity contribution in [3.05, 3.63) is 29.3 Å². The molecule has 5 heteroatoms. The molecule has 0 saturated heterocycles. The largest absolute Gasteiger partial charge is 0.330 e. The Bertz CT molecular complexity index is 522. The van der Waals surface area contributed by atoms with Gasteiger partial charge in [0.2, 0.25) is 5.91 Å². The van der Waals surface area contributed by atoms with Gasteiger partial charge in [0.25, 0.3) is 0 Å². The fourth-order valence-electron chi connectivity index (χ4n) is 3.12. The minimum atomic E-state index is 0. The van der Waals surface area contributed by atoms with Gasteiger partial charge in [0.05, 0.1) is 0 Å². The lowest BCUT2D eigenvalue weighted by Crippen LogP contribution is -2.30. The third-order valence-electron chi connectivity index (χ3n) is 4.57. The van der Waals surface area contributed by atoms with E-state index in [0.717, 1.165) is 30.7 Å². The van der Waals surface area contributed by atoms with E-state index in [1.807, 2.05) is 23.9 Å². The molecular weight excluding hydrogens is 328 g/mol. The number of nitrogens with two attached hydrogens (primary N) is 1. The highest BCUT2D eigenvalue weighted by molar-refractivity contribution is 7.99. The van der Waals surface area contributed by atoms with Gasteiger partial charge in [0.15, 0.2) is 0 Å². The molecule has 1 aliphatic rings. The lowest BCUT2D eigenvalue weighted by molar-refractivity contribution is -0.120. The van der Waals surface area contributed by atoms with Crippen molar-refractivity contribution in [1.82, 2.24) is 0 Å². The van der Waals surface area contributed by atoms with E-state index in [1.165, 1.54) is 11.1 Å². The molecule has 1 saturated carbocycles. The molecule has 0 bridgehead atoms. The van der Waals surface area contributed by atoms with Crippen LogP contribution in [0.4, 0.5) is 5.69 Å². The summed E-state index contributed by atoms with van der Waals surface area (Å²) in [7, 11) is 0. The van der Waals surface area contributed by atoms with Crippen LogP contribution in [-0.4, -0.2) is 17.7 Å². The molecule has 23 heavy (non-hydrogen) atoms. The summed E-state index contributed by atoms with van der Waals surface area (Å²) < 4.78 is 0. The number of thioether (sulfide) groups is 1. The average molecular weight is 357 g/mol. The monoisotopic (exact) mass is 356 g/mol. The summed E-state index contributed by atoms with van der Waals surface area (Å²) in [6, 6.07) is 6.19. The minimum Gasteiger partial charge on any atom is -0.330 e. The highest BCUT2D eigenvalue weighted by atomic mass is 35.5. The first-order chi connectivity index (χ1) is 10.5. The number of rotatable bonds is 6. The number of amides is 1. The molecule has 0 aliphatic heterocycles. The smallest absolute Gasteiger partial charge is 0.227 e. The molecule has 1 aliphatic carbocycles. The van der Waals surface area contributed by atoms with Gasteiger partial charge in [0.1, 0.15) is 0 Å². The van der Waals surface area contributed by atoms with Crippen molar-refractivity contribution in [3.8, 4) is 0 Å². The molecule has 0 heterocycles. The van der Waals surface area contributed by atoms with Crippen LogP contribution in [0.15, 0.2) is 18.2 Å². The number of carbonyl (C=O) groups is 1. The topological polar surface area (TPSA) is 55.1 Å². The summed E-state index contributed by atoms with van der Waals surface area (Å²) in [6.45, 7) is 7.13. The van der Waals surface area contributed by atoms with Gasteiger partial charge < -0.3 is 11.1 Å². The van der Waals surface area contributed by atoms with Crippen LogP contribution in [0, 0.1) is 18.8 Å². The molecule has 130 valence electrons. The Labute approximate surface area is 150 Å². The predicted molar refractivity (Wildman–Crippen MR) is 103 cm³/mol. The standard InChI is InChI=1S/C18H28N2OS.ClH/c1-12(2)22-11-15-7-5-9-17(13(15)3)20-18(21)16-8-4-6-14(16)10-19;/h5,7,9,12,14,16H,4,6,8,10-11,19H2,1-3H3,(H,20,21);1H/t14-,16-;/m1./s1. The van der Waals surface area contributed by atoms with E-state index in [2.05, 4.69) is 32.2 Å². The molecule has 1 fully saturated rings. The normalized spacial score (nSPS) is 20.4. The van der Waals surface area contributed by atoms with Gasteiger partial charge in [-0.05, 0) is 54.7 Å². The maximum Gasteiger partial charge on any atom is 0.227 e. The van der Waals surface area contributed by atoms with Gasteiger partial charge in [0, 0.05) is 17.4 Å². The molecule has 1 amide bonds. The van der Waals surface area contributed by atoms with E-state index in [0.29, 0.717) is 17.7 Å². The minimum absolute atomic E-state index is 0. The van der Waals surface area contributed by atoms with Gasteiger partial charge >= 0.3 is 0 Å². The first-order valence-electron chi connectivity index (χ1n) is 8.24. The predicted octanol–water partition coefficient (Wildman–Crippen LogP) is 4.37. The molecule has 1 aromatic rings. The van der Waals surface area contributed by atoms with Gasteiger partial charge in [-0.1, -0.05) is 32.4 Å². The van der Waals surface area contributed by atoms with Crippen molar-refractivity contribution in [2.75, 3.05) is 11.9 Å². The van der Waals surface area contributed by atoms with E-state index in [9.17, 15) is 4.79 Å². The fraction of sp³-hybridized carbons (Fsp3) is 0.611. The number of benzene rings is 1. The number of hydrogen-bond donors (Lipinski definition) is 2. The van der Waals surface area contributed by atoms with E-state index in [1.54, 1.807) is 0 Å². The van der Waals surface area contributed by atoms with Crippen LogP contribution in [0.2, 0.25) is 0 Å². The zero-order chi connectivity index (χ0) is 16.1. The Morgan fingerprint density at radius 2 is 2.13 bits per heavy atom. The quantitative estimate of drug-likeness (QED) is 0.795. The SMILES string of the molecule is Cc1c(CSC(C)C)cccc1NC(=O)[C@@H]1CCC[C@@H]1CN.Cl. The molecule has 0 spiro atoms. The highest BCUT2D eigenvalue weighted by Gasteiger charge is 2.32. The molecule has 2 rings (SSSR count). The lowest BCUT2D eigenvalue weighted by Gasteiger charge is -2.19. The summed E-state index contributed by atoms with van der Waals surface area (Å²) in [6.07, 6.45) is 3.16. The highest BCUT2D eigenvalue weighted by Crippen LogP contribution is 2.32. The van der Waals surface area contributed by atoms with Crippen LogP contribution in [0.1, 0.15) is 44.2 Å². The van der Waals surface area contributed by atoms with Gasteiger partial charge in [-0.3, -0.25) is 4.79 Å². The third-order valence-corrected chi connectivity index (χ3v) is 5.72. The fourth-order valence-corrected chi connectivity index (χ4v) is 3.95. The van der Waals surface area contributed by atoms with Gasteiger partial charge in [-0.15, -0.1) is 12.4 Å². The van der Waals surface area contributed by atoms with Crippen LogP contribution < -0.4 is 11.1 Å². The Hall–Kier alpha value is -0.710. The maximum atomic E-state index is 12.5. The van der Waals surface area contributed by atoms with Crippen LogP contribution >= 0.6 is 24.2 Å². The molecule has 3 nitrogen and oxygen atoms in total. The number of carbonyl (C=O) groups excluding carboxylic acids is 1. The molecule has 3 N–H and O–H groups in total. The first kappa shape index (κ1) is 20.3. The summed E-state index contributed by atoms with van der Waals surface area (Å²) in [4.78, 5) is 12.5. The third kappa shape index (κ3) is 5.40. The van der Waals surface area contributed by atoms with Crippen molar-refractivity contribution in [3.63, 3.8) is 0 Å². The maximum absolute atomic E-state index is 12.5. The average Bonchev–Trinajstić information content (AvgIpc) is 2.96. The Balaban J connectivity index is 0.00000264. The lowest BCUT2D eigenvalue weighted by atomic mass is 9.95. The molecule has 0 aromatic heterocycles. The van der Waals surface area contributed by atoms with Crippen LogP contribution in [0.5, 0.6) is 0 Å². The Morgan fingerprint density at radius 1 is 1.39 bits per heavy atom. The number of halogens is 1. The van der Waals surface area contributed by atoms with E-state index in [-0.39, 0.29) is 24.2 Å². The second-order valence-corrected chi connectivity index (χ2v) is 8.04. The summed E-state index contributed by atoms with van der Waals surface area (Å²) in [5, 5.41) is 3.75. The number of anilines is 1. The molecule has 2 atom stereocenters. The van der Waals surface area contributed by atoms with Crippen LogP contribution in [-0.2, 0) is 10.5 Å². The van der Waals surface area contributed by atoms with Crippen molar-refractivity contribution in [1.29, 1.82) is 0 Å². The van der Waals surface area contributed by atoms with Gasteiger partial charge in [-0.25, -0.2) is 0 Å². The zero-order valence-electron chi connectivity index (χ0n) is 14.3. The molecular formula is C18H29ClN2OS. The van der Waals surface area contributed by atoms with E-state index >= 15 is 0 Å². The Morgan fingerprint density at radius 3 is 2.78 bits per heavy atom. The second-order valence-electron chi connectivity index (χ2n) is 6.47. The molecule has 0 radical (unpaired) electrons. The number of hydrogen-bond acceptors (Lipinski definition) is 3. The van der Waals surface area contributed by atoms with Crippen LogP contribution in [0.3, 0.4) is 0 Å². The molecule has 1 aromatic carbocycles. The summed E-state index contributed by atoms with van der Waals surface area (Å²) in [5.74, 6) is 1.56. The summed E-state index contributed by atoms with van der Waals surface area (Å²) in [5.41, 5.74) is 9.24. The van der Waals surface area contributed by atoms with E-state index in [4.69, 9.17) is 5.73 Å². The molecule has 0 unspecified atom stereocenters. The van der Waals surface area contributed by atoms with Crippen molar-refractivity contribution in [2.45, 2.75) is 51.0 Å². The zero-order valence-corrected chi connectivity index (χ0v) is 15.9. The van der Waals surface area contributed by atoms with Crippen molar-refractivity contribution in [2.24, 2.45) is 17.6 Å². The van der Waals surface area contributed by atoms with Crippen molar-refractivity contribution >= 4 is 35.8 Å². The van der Waals surface area contributed by atoms with Gasteiger partial charge in [-0.2, -0.15) is 11.8 Å². The Kier molecular flexibility index (Phi) is 8.45. The van der Waals surface area contributed by atoms with E-state index < -0.39 is 0 Å². The van der Waals surface area contributed by atoms with Crippen molar-refractivity contribution < 1.29 is 4.79 Å².